The zero-order valence-electron chi connectivity index (χ0n) is 24.3. The standard InChI is InChI=1S/C36H35N5O/c1-24-19-34(41(39-24)29-12-8-11-28(22-29)37-2)35(42)21-26-9-7-10-27(20-26)36(38-23-25-15-16-25)32-17-18-33(40(3)4)31-14-6-5-13-30(31)32/h5-14,17-20,22,25,36,38H,15-16,21,23H2,1,3-4H3. The van der Waals surface area contributed by atoms with Gasteiger partial charge in [0.25, 0.3) is 0 Å². The molecule has 1 heterocycles. The first-order chi connectivity index (χ1) is 20.4. The summed E-state index contributed by atoms with van der Waals surface area (Å²) in [5.41, 5.74) is 7.07. The molecule has 1 aromatic heterocycles. The van der Waals surface area contributed by atoms with Crippen LogP contribution in [0.15, 0.2) is 91.0 Å². The van der Waals surface area contributed by atoms with E-state index in [1.807, 2.05) is 31.2 Å². The number of anilines is 1. The summed E-state index contributed by atoms with van der Waals surface area (Å²) in [7, 11) is 4.17. The lowest BCUT2D eigenvalue weighted by Crippen LogP contribution is -2.25. The molecule has 1 atom stereocenters. The van der Waals surface area contributed by atoms with E-state index in [1.165, 1.54) is 34.9 Å². The third kappa shape index (κ3) is 5.70. The number of nitrogens with zero attached hydrogens (tertiary/aromatic N) is 4. The van der Waals surface area contributed by atoms with E-state index in [-0.39, 0.29) is 18.2 Å². The molecule has 0 spiro atoms. The first-order valence-electron chi connectivity index (χ1n) is 14.5. The van der Waals surface area contributed by atoms with Gasteiger partial charge in [0, 0.05) is 31.6 Å². The number of hydrogen-bond donors (Lipinski definition) is 1. The minimum atomic E-state index is -0.00996. The SMILES string of the molecule is [C-]#[N+]c1cccc(-n2nc(C)cc2C(=O)Cc2cccc(C(NCC3CC3)c3ccc(N(C)C)c4ccccc34)c2)c1. The minimum absolute atomic E-state index is 0.00546. The number of carbonyl (C=O) groups excluding carboxylic acids is 1. The third-order valence-corrected chi connectivity index (χ3v) is 8.00. The molecule has 1 aliphatic carbocycles. The van der Waals surface area contributed by atoms with Crippen LogP contribution in [0.4, 0.5) is 11.4 Å². The van der Waals surface area contributed by atoms with E-state index >= 15 is 0 Å². The number of nitrogens with one attached hydrogen (secondary N) is 1. The molecule has 6 heteroatoms. The van der Waals surface area contributed by atoms with Crippen molar-refractivity contribution in [2.45, 2.75) is 32.2 Å². The maximum atomic E-state index is 13.7. The van der Waals surface area contributed by atoms with Gasteiger partial charge < -0.3 is 10.2 Å². The van der Waals surface area contributed by atoms with Crippen molar-refractivity contribution >= 4 is 27.9 Å². The molecule has 1 unspecified atom stereocenters. The van der Waals surface area contributed by atoms with Crippen LogP contribution in [0.5, 0.6) is 0 Å². The number of benzene rings is 4. The molecule has 1 N–H and O–H groups in total. The summed E-state index contributed by atoms with van der Waals surface area (Å²) in [6.07, 6.45) is 2.82. The molecule has 6 nitrogen and oxygen atoms in total. The second kappa shape index (κ2) is 11.6. The molecule has 0 saturated heterocycles. The molecule has 1 aliphatic rings. The summed E-state index contributed by atoms with van der Waals surface area (Å²) >= 11 is 0. The van der Waals surface area contributed by atoms with Crippen molar-refractivity contribution in [3.8, 4) is 5.69 Å². The number of fused-ring (bicyclic) bond motifs is 1. The van der Waals surface area contributed by atoms with Gasteiger partial charge >= 0.3 is 0 Å². The van der Waals surface area contributed by atoms with Crippen LogP contribution in [0.25, 0.3) is 21.3 Å². The van der Waals surface area contributed by atoms with Crippen molar-refractivity contribution in [3.05, 3.63) is 130 Å². The molecule has 210 valence electrons. The zero-order chi connectivity index (χ0) is 29.2. The summed E-state index contributed by atoms with van der Waals surface area (Å²) in [5.74, 6) is 0.721. The number of aromatic nitrogens is 2. The van der Waals surface area contributed by atoms with Gasteiger partial charge in [-0.05, 0) is 78.6 Å². The van der Waals surface area contributed by atoms with Crippen molar-refractivity contribution in [1.82, 2.24) is 15.1 Å². The maximum absolute atomic E-state index is 13.7. The largest absolute Gasteiger partial charge is 0.377 e. The van der Waals surface area contributed by atoms with Gasteiger partial charge in [-0.15, -0.1) is 0 Å². The Morgan fingerprint density at radius 3 is 2.55 bits per heavy atom. The smallest absolute Gasteiger partial charge is 0.189 e. The number of aryl methyl sites for hydroxylation is 1. The van der Waals surface area contributed by atoms with E-state index in [9.17, 15) is 4.79 Å². The highest BCUT2D eigenvalue weighted by molar-refractivity contribution is 5.97. The average molecular weight is 554 g/mol. The molecule has 4 aromatic carbocycles. The highest BCUT2D eigenvalue weighted by Gasteiger charge is 2.25. The van der Waals surface area contributed by atoms with Gasteiger partial charge in [0.1, 0.15) is 5.69 Å². The molecule has 42 heavy (non-hydrogen) atoms. The summed E-state index contributed by atoms with van der Waals surface area (Å²) in [6.45, 7) is 10.2. The Kier molecular flexibility index (Phi) is 7.60. The molecule has 5 aromatic rings. The molecule has 0 amide bonds. The zero-order valence-corrected chi connectivity index (χ0v) is 24.3. The lowest BCUT2D eigenvalue weighted by Gasteiger charge is -2.24. The highest BCUT2D eigenvalue weighted by atomic mass is 16.1. The van der Waals surface area contributed by atoms with Crippen LogP contribution in [-0.2, 0) is 6.42 Å². The van der Waals surface area contributed by atoms with Gasteiger partial charge in [0.15, 0.2) is 11.5 Å². The predicted molar refractivity (Wildman–Crippen MR) is 170 cm³/mol. The molecule has 0 aliphatic heterocycles. The van der Waals surface area contributed by atoms with Crippen LogP contribution >= 0.6 is 0 Å². The van der Waals surface area contributed by atoms with Crippen molar-refractivity contribution in [1.29, 1.82) is 0 Å². The van der Waals surface area contributed by atoms with Gasteiger partial charge in [-0.25, -0.2) is 9.53 Å². The first-order valence-corrected chi connectivity index (χ1v) is 14.5. The van der Waals surface area contributed by atoms with E-state index in [0.29, 0.717) is 17.1 Å². The predicted octanol–water partition coefficient (Wildman–Crippen LogP) is 7.47. The van der Waals surface area contributed by atoms with Crippen LogP contribution in [0.3, 0.4) is 0 Å². The Morgan fingerprint density at radius 1 is 1.00 bits per heavy atom. The highest BCUT2D eigenvalue weighted by Crippen LogP contribution is 2.36. The van der Waals surface area contributed by atoms with Gasteiger partial charge in [0.05, 0.1) is 24.0 Å². The fourth-order valence-corrected chi connectivity index (χ4v) is 5.71. The molecule has 6 rings (SSSR count). The summed E-state index contributed by atoms with van der Waals surface area (Å²) in [6, 6.07) is 30.5. The van der Waals surface area contributed by atoms with E-state index in [1.54, 1.807) is 16.8 Å². The first kappa shape index (κ1) is 27.4. The summed E-state index contributed by atoms with van der Waals surface area (Å²) in [5, 5.41) is 10.9. The second-order valence-corrected chi connectivity index (χ2v) is 11.5. The number of hydrogen-bond acceptors (Lipinski definition) is 4. The second-order valence-electron chi connectivity index (χ2n) is 11.5. The van der Waals surface area contributed by atoms with Crippen LogP contribution in [0.1, 0.15) is 51.8 Å². The molecular formula is C36H35N5O. The molecular weight excluding hydrogens is 518 g/mol. The molecule has 1 saturated carbocycles. The normalized spacial score (nSPS) is 13.6. The van der Waals surface area contributed by atoms with Gasteiger partial charge in [-0.1, -0.05) is 66.7 Å². The lowest BCUT2D eigenvalue weighted by molar-refractivity contribution is 0.0985. The van der Waals surface area contributed by atoms with E-state index in [2.05, 4.69) is 88.9 Å². The summed E-state index contributed by atoms with van der Waals surface area (Å²) in [4.78, 5) is 19.4. The van der Waals surface area contributed by atoms with E-state index in [0.717, 1.165) is 29.3 Å². The Hall–Kier alpha value is -4.73. The maximum Gasteiger partial charge on any atom is 0.189 e. The number of rotatable bonds is 10. The number of ketones is 1. The van der Waals surface area contributed by atoms with Crippen molar-refractivity contribution in [2.24, 2.45) is 5.92 Å². The fraction of sp³-hybridized carbons (Fsp3) is 0.250. The third-order valence-electron chi connectivity index (χ3n) is 8.00. The quantitative estimate of drug-likeness (QED) is 0.144. The Balaban J connectivity index is 1.34. The van der Waals surface area contributed by atoms with Gasteiger partial charge in [-0.2, -0.15) is 5.10 Å². The van der Waals surface area contributed by atoms with E-state index in [4.69, 9.17) is 6.57 Å². The molecule has 0 bridgehead atoms. The Bertz CT molecular complexity index is 1810. The lowest BCUT2D eigenvalue weighted by atomic mass is 9.91. The van der Waals surface area contributed by atoms with Crippen LogP contribution < -0.4 is 10.2 Å². The van der Waals surface area contributed by atoms with Crippen LogP contribution in [-0.4, -0.2) is 36.2 Å². The molecule has 1 fully saturated rings. The van der Waals surface area contributed by atoms with Crippen molar-refractivity contribution < 1.29 is 4.79 Å². The number of Topliss-reactive ketones (excluding diaryl/α,β-unsaturated/α-hetero) is 1. The summed E-state index contributed by atoms with van der Waals surface area (Å²) < 4.78 is 1.66. The molecule has 0 radical (unpaired) electrons. The Labute approximate surface area is 247 Å². The van der Waals surface area contributed by atoms with Crippen molar-refractivity contribution in [2.75, 3.05) is 25.5 Å². The Morgan fingerprint density at radius 2 is 1.79 bits per heavy atom. The number of carbonyl (C=O) groups is 1. The van der Waals surface area contributed by atoms with Crippen LogP contribution in [0.2, 0.25) is 0 Å². The van der Waals surface area contributed by atoms with Gasteiger partial charge in [0.2, 0.25) is 0 Å². The average Bonchev–Trinajstić information content (AvgIpc) is 3.75. The van der Waals surface area contributed by atoms with Crippen molar-refractivity contribution in [3.63, 3.8) is 0 Å². The topological polar surface area (TPSA) is 54.5 Å². The van der Waals surface area contributed by atoms with Crippen LogP contribution in [0, 0.1) is 19.4 Å². The monoisotopic (exact) mass is 553 g/mol. The van der Waals surface area contributed by atoms with Gasteiger partial charge in [-0.3, -0.25) is 4.79 Å². The fourth-order valence-electron chi connectivity index (χ4n) is 5.71. The minimum Gasteiger partial charge on any atom is -0.377 e. The van der Waals surface area contributed by atoms with E-state index < -0.39 is 0 Å².